The van der Waals surface area contributed by atoms with Crippen LogP contribution in [0.25, 0.3) is 10.8 Å². The SMILES string of the molecule is CCCOc1cc(C(O)C(F)(F)F)c2ccccc2c1. The highest BCUT2D eigenvalue weighted by atomic mass is 19.4. The van der Waals surface area contributed by atoms with Gasteiger partial charge in [0.05, 0.1) is 6.61 Å². The summed E-state index contributed by atoms with van der Waals surface area (Å²) < 4.78 is 43.7. The van der Waals surface area contributed by atoms with Crippen LogP contribution in [-0.2, 0) is 0 Å². The zero-order valence-electron chi connectivity index (χ0n) is 10.9. The van der Waals surface area contributed by atoms with Crippen LogP contribution in [0.4, 0.5) is 13.2 Å². The van der Waals surface area contributed by atoms with Gasteiger partial charge in [-0.15, -0.1) is 0 Å². The average molecular weight is 284 g/mol. The molecule has 1 atom stereocenters. The van der Waals surface area contributed by atoms with Crippen LogP contribution in [0.1, 0.15) is 25.0 Å². The third-order valence-electron chi connectivity index (χ3n) is 2.94. The predicted octanol–water partition coefficient (Wildman–Crippen LogP) is 4.22. The van der Waals surface area contributed by atoms with E-state index >= 15 is 0 Å². The van der Waals surface area contributed by atoms with Crippen LogP contribution < -0.4 is 4.74 Å². The molecule has 2 rings (SSSR count). The summed E-state index contributed by atoms with van der Waals surface area (Å²) in [6.07, 6.45) is -6.46. The minimum Gasteiger partial charge on any atom is -0.494 e. The Balaban J connectivity index is 2.55. The maximum Gasteiger partial charge on any atom is 0.418 e. The third-order valence-corrected chi connectivity index (χ3v) is 2.94. The van der Waals surface area contributed by atoms with Gasteiger partial charge in [-0.1, -0.05) is 31.2 Å². The number of halogens is 3. The van der Waals surface area contributed by atoms with Crippen LogP contribution in [-0.4, -0.2) is 17.9 Å². The fraction of sp³-hybridized carbons (Fsp3) is 0.333. The normalized spacial score (nSPS) is 13.4. The molecule has 0 aliphatic rings. The quantitative estimate of drug-likeness (QED) is 0.910. The minimum atomic E-state index is -4.70. The molecule has 5 heteroatoms. The Kier molecular flexibility index (Phi) is 4.18. The van der Waals surface area contributed by atoms with Gasteiger partial charge in [-0.05, 0) is 29.3 Å². The molecule has 0 heterocycles. The molecule has 2 aromatic carbocycles. The Morgan fingerprint density at radius 1 is 1.20 bits per heavy atom. The lowest BCUT2D eigenvalue weighted by Crippen LogP contribution is -2.20. The lowest BCUT2D eigenvalue weighted by Gasteiger charge is -2.18. The van der Waals surface area contributed by atoms with Crippen LogP contribution in [0.15, 0.2) is 36.4 Å². The van der Waals surface area contributed by atoms with Crippen molar-refractivity contribution in [1.29, 1.82) is 0 Å². The van der Waals surface area contributed by atoms with E-state index in [2.05, 4.69) is 0 Å². The van der Waals surface area contributed by atoms with Crippen LogP contribution in [0.3, 0.4) is 0 Å². The highest BCUT2D eigenvalue weighted by molar-refractivity contribution is 5.87. The molecule has 0 fully saturated rings. The summed E-state index contributed by atoms with van der Waals surface area (Å²) >= 11 is 0. The molecule has 0 amide bonds. The van der Waals surface area contributed by atoms with E-state index in [4.69, 9.17) is 4.74 Å². The highest BCUT2D eigenvalue weighted by Gasteiger charge is 2.40. The van der Waals surface area contributed by atoms with Crippen molar-refractivity contribution in [2.24, 2.45) is 0 Å². The van der Waals surface area contributed by atoms with Crippen LogP contribution >= 0.6 is 0 Å². The summed E-state index contributed by atoms with van der Waals surface area (Å²) in [4.78, 5) is 0. The van der Waals surface area contributed by atoms with Crippen LogP contribution in [0, 0.1) is 0 Å². The van der Waals surface area contributed by atoms with Gasteiger partial charge < -0.3 is 9.84 Å². The molecule has 0 saturated heterocycles. The summed E-state index contributed by atoms with van der Waals surface area (Å²) in [6.45, 7) is 2.33. The minimum absolute atomic E-state index is 0.179. The molecule has 0 saturated carbocycles. The van der Waals surface area contributed by atoms with Crippen LogP contribution in [0.5, 0.6) is 5.75 Å². The van der Waals surface area contributed by atoms with Gasteiger partial charge in [0.2, 0.25) is 0 Å². The largest absolute Gasteiger partial charge is 0.494 e. The van der Waals surface area contributed by atoms with E-state index in [0.29, 0.717) is 23.1 Å². The summed E-state index contributed by atoms with van der Waals surface area (Å²) in [5.41, 5.74) is -0.179. The van der Waals surface area contributed by atoms with E-state index in [9.17, 15) is 18.3 Å². The Labute approximate surface area is 114 Å². The number of aliphatic hydroxyl groups is 1. The Bertz CT molecular complexity index is 593. The average Bonchev–Trinajstić information content (AvgIpc) is 2.42. The van der Waals surface area contributed by atoms with Gasteiger partial charge in [-0.25, -0.2) is 0 Å². The van der Waals surface area contributed by atoms with Gasteiger partial charge in [0.1, 0.15) is 5.75 Å². The molecule has 0 spiro atoms. The van der Waals surface area contributed by atoms with E-state index in [1.165, 1.54) is 6.07 Å². The van der Waals surface area contributed by atoms with E-state index in [-0.39, 0.29) is 5.56 Å². The van der Waals surface area contributed by atoms with Gasteiger partial charge in [0.15, 0.2) is 6.10 Å². The maximum atomic E-state index is 12.8. The van der Waals surface area contributed by atoms with Crippen LogP contribution in [0.2, 0.25) is 0 Å². The summed E-state index contributed by atoms with van der Waals surface area (Å²) in [7, 11) is 0. The Morgan fingerprint density at radius 2 is 1.90 bits per heavy atom. The smallest absolute Gasteiger partial charge is 0.418 e. The van der Waals surface area contributed by atoms with E-state index in [0.717, 1.165) is 6.42 Å². The zero-order chi connectivity index (χ0) is 14.8. The molecular weight excluding hydrogens is 269 g/mol. The molecule has 0 aromatic heterocycles. The first-order chi connectivity index (χ1) is 9.43. The van der Waals surface area contributed by atoms with Crippen molar-refractivity contribution in [1.82, 2.24) is 0 Å². The Hall–Kier alpha value is -1.75. The Morgan fingerprint density at radius 3 is 2.55 bits per heavy atom. The van der Waals surface area contributed by atoms with Gasteiger partial charge >= 0.3 is 6.18 Å². The second kappa shape index (κ2) is 5.71. The first-order valence-electron chi connectivity index (χ1n) is 6.33. The fourth-order valence-electron chi connectivity index (χ4n) is 2.02. The number of fused-ring (bicyclic) bond motifs is 1. The van der Waals surface area contributed by atoms with Crippen molar-refractivity contribution < 1.29 is 23.0 Å². The maximum absolute atomic E-state index is 12.8. The van der Waals surface area contributed by atoms with E-state index < -0.39 is 12.3 Å². The van der Waals surface area contributed by atoms with Crippen molar-refractivity contribution in [3.63, 3.8) is 0 Å². The number of hydrogen-bond donors (Lipinski definition) is 1. The summed E-state index contributed by atoms with van der Waals surface area (Å²) in [5, 5.41) is 10.5. The van der Waals surface area contributed by atoms with Crippen molar-refractivity contribution in [2.75, 3.05) is 6.61 Å². The van der Waals surface area contributed by atoms with Crippen molar-refractivity contribution >= 4 is 10.8 Å². The number of hydrogen-bond acceptors (Lipinski definition) is 2. The van der Waals surface area contributed by atoms with E-state index in [1.54, 1.807) is 30.3 Å². The van der Waals surface area contributed by atoms with Gasteiger partial charge in [0.25, 0.3) is 0 Å². The third kappa shape index (κ3) is 3.04. The number of alkyl halides is 3. The molecule has 1 unspecified atom stereocenters. The monoisotopic (exact) mass is 284 g/mol. The molecule has 108 valence electrons. The van der Waals surface area contributed by atoms with Gasteiger partial charge in [-0.2, -0.15) is 13.2 Å². The molecule has 2 nitrogen and oxygen atoms in total. The highest BCUT2D eigenvalue weighted by Crippen LogP contribution is 2.38. The number of rotatable bonds is 4. The lowest BCUT2D eigenvalue weighted by molar-refractivity contribution is -0.206. The molecule has 0 aliphatic heterocycles. The topological polar surface area (TPSA) is 29.5 Å². The van der Waals surface area contributed by atoms with E-state index in [1.807, 2.05) is 6.92 Å². The molecule has 0 aliphatic carbocycles. The molecular formula is C15H15F3O2. The molecule has 0 radical (unpaired) electrons. The molecule has 1 N–H and O–H groups in total. The molecule has 2 aromatic rings. The zero-order valence-corrected chi connectivity index (χ0v) is 10.9. The fourth-order valence-corrected chi connectivity index (χ4v) is 2.02. The van der Waals surface area contributed by atoms with Gasteiger partial charge in [-0.3, -0.25) is 0 Å². The predicted molar refractivity (Wildman–Crippen MR) is 70.7 cm³/mol. The first-order valence-corrected chi connectivity index (χ1v) is 6.33. The number of aliphatic hydroxyl groups excluding tert-OH is 1. The number of benzene rings is 2. The molecule has 20 heavy (non-hydrogen) atoms. The van der Waals surface area contributed by atoms with Crippen molar-refractivity contribution in [3.05, 3.63) is 42.0 Å². The first kappa shape index (κ1) is 14.7. The number of ether oxygens (including phenoxy) is 1. The van der Waals surface area contributed by atoms with Crippen molar-refractivity contribution in [3.8, 4) is 5.75 Å². The van der Waals surface area contributed by atoms with Gasteiger partial charge in [0, 0.05) is 5.56 Å². The molecule has 0 bridgehead atoms. The summed E-state index contributed by atoms with van der Waals surface area (Å²) in [5.74, 6) is 0.337. The van der Waals surface area contributed by atoms with Crippen molar-refractivity contribution in [2.45, 2.75) is 25.6 Å². The standard InChI is InChI=1S/C15H15F3O2/c1-2-7-20-11-8-10-5-3-4-6-12(10)13(9-11)14(19)15(16,17)18/h3-6,8-9,14,19H,2,7H2,1H3. The lowest BCUT2D eigenvalue weighted by atomic mass is 9.99. The second-order valence-electron chi connectivity index (χ2n) is 4.53. The summed E-state index contributed by atoms with van der Waals surface area (Å²) in [6, 6.07) is 9.56. The second-order valence-corrected chi connectivity index (χ2v) is 4.53.